The Hall–Kier alpha value is -2.36. The molecule has 0 aliphatic carbocycles. The largest absolute Gasteiger partial charge is 0.321 e. The van der Waals surface area contributed by atoms with Crippen molar-refractivity contribution < 1.29 is 26.8 Å². The summed E-state index contributed by atoms with van der Waals surface area (Å²) >= 11 is 0. The highest BCUT2D eigenvalue weighted by molar-refractivity contribution is 7.89. The van der Waals surface area contributed by atoms with E-state index < -0.39 is 34.2 Å². The number of nitrogens with one attached hydrogen (secondary N) is 2. The van der Waals surface area contributed by atoms with Gasteiger partial charge in [0, 0.05) is 0 Å². The standard InChI is InChI=1S/C14H12F2N2O4S/c15-10-5-7-11(8-6-10)23(20,21)18-22-9-14(19)17-13-4-2-1-3-12(13)16/h1-8,18H,9H2,(H,17,19). The summed E-state index contributed by atoms with van der Waals surface area (Å²) in [5.41, 5.74) is -0.0532. The van der Waals surface area contributed by atoms with E-state index in [-0.39, 0.29) is 10.6 Å². The molecule has 2 aromatic rings. The summed E-state index contributed by atoms with van der Waals surface area (Å²) < 4.78 is 49.6. The Morgan fingerprint density at radius 1 is 1.04 bits per heavy atom. The van der Waals surface area contributed by atoms with Gasteiger partial charge in [-0.2, -0.15) is 0 Å². The van der Waals surface area contributed by atoms with Crippen molar-refractivity contribution in [3.8, 4) is 0 Å². The molecular formula is C14H12F2N2O4S. The molecule has 1 amide bonds. The lowest BCUT2D eigenvalue weighted by Crippen LogP contribution is -2.29. The van der Waals surface area contributed by atoms with Crippen LogP contribution in [0.3, 0.4) is 0 Å². The highest BCUT2D eigenvalue weighted by Crippen LogP contribution is 2.12. The van der Waals surface area contributed by atoms with Gasteiger partial charge in [0.05, 0.1) is 10.6 Å². The number of anilines is 1. The summed E-state index contributed by atoms with van der Waals surface area (Å²) in [6, 6.07) is 9.51. The molecule has 9 heteroatoms. The van der Waals surface area contributed by atoms with Gasteiger partial charge in [0.2, 0.25) is 0 Å². The van der Waals surface area contributed by atoms with Crippen molar-refractivity contribution in [1.82, 2.24) is 4.89 Å². The second kappa shape index (κ2) is 7.27. The normalized spacial score (nSPS) is 11.2. The van der Waals surface area contributed by atoms with Crippen LogP contribution in [0.4, 0.5) is 14.5 Å². The third kappa shape index (κ3) is 4.81. The van der Waals surface area contributed by atoms with Gasteiger partial charge in [-0.3, -0.25) is 9.63 Å². The molecule has 122 valence electrons. The average Bonchev–Trinajstić information content (AvgIpc) is 2.50. The fraction of sp³-hybridized carbons (Fsp3) is 0.0714. The monoisotopic (exact) mass is 342 g/mol. The zero-order valence-electron chi connectivity index (χ0n) is 11.6. The van der Waals surface area contributed by atoms with Gasteiger partial charge in [0.25, 0.3) is 15.9 Å². The van der Waals surface area contributed by atoms with Crippen LogP contribution in [0, 0.1) is 11.6 Å². The van der Waals surface area contributed by atoms with Crippen molar-refractivity contribution in [2.45, 2.75) is 4.90 Å². The Balaban J connectivity index is 1.88. The van der Waals surface area contributed by atoms with Crippen LogP contribution in [0.5, 0.6) is 0 Å². The number of sulfonamides is 1. The molecule has 0 fully saturated rings. The Bertz CT molecular complexity index is 795. The quantitative estimate of drug-likeness (QED) is 0.784. The average molecular weight is 342 g/mol. The minimum absolute atomic E-state index is 0.0532. The van der Waals surface area contributed by atoms with Crippen LogP contribution in [0.25, 0.3) is 0 Å². The van der Waals surface area contributed by atoms with E-state index in [1.807, 2.05) is 0 Å². The second-order valence-electron chi connectivity index (χ2n) is 4.36. The summed E-state index contributed by atoms with van der Waals surface area (Å²) in [5, 5.41) is 2.22. The number of hydrogen-bond acceptors (Lipinski definition) is 4. The van der Waals surface area contributed by atoms with Gasteiger partial charge in [0.15, 0.2) is 0 Å². The molecule has 2 rings (SSSR count). The first kappa shape index (κ1) is 17.0. The molecule has 0 unspecified atom stereocenters. The Labute approximate surface area is 131 Å². The third-order valence-corrected chi connectivity index (χ3v) is 3.87. The van der Waals surface area contributed by atoms with Crippen LogP contribution in [0.15, 0.2) is 53.4 Å². The summed E-state index contributed by atoms with van der Waals surface area (Å²) in [7, 11) is -4.05. The van der Waals surface area contributed by atoms with E-state index in [2.05, 4.69) is 10.2 Å². The van der Waals surface area contributed by atoms with Gasteiger partial charge < -0.3 is 5.32 Å². The van der Waals surface area contributed by atoms with Crippen molar-refractivity contribution in [3.05, 3.63) is 60.2 Å². The summed E-state index contributed by atoms with van der Waals surface area (Å²) in [4.78, 5) is 17.6. The van der Waals surface area contributed by atoms with Crippen LogP contribution >= 0.6 is 0 Å². The molecule has 6 nitrogen and oxygen atoms in total. The molecule has 0 bridgehead atoms. The van der Waals surface area contributed by atoms with Gasteiger partial charge in [-0.1, -0.05) is 17.0 Å². The van der Waals surface area contributed by atoms with Gasteiger partial charge in [-0.25, -0.2) is 17.2 Å². The van der Waals surface area contributed by atoms with E-state index in [1.54, 1.807) is 4.89 Å². The maximum atomic E-state index is 13.3. The van der Waals surface area contributed by atoms with Crippen molar-refractivity contribution >= 4 is 21.6 Å². The minimum atomic E-state index is -4.05. The number of hydrogen-bond donors (Lipinski definition) is 2. The molecule has 0 aliphatic heterocycles. The first-order valence-electron chi connectivity index (χ1n) is 6.32. The summed E-state index contributed by atoms with van der Waals surface area (Å²) in [6.07, 6.45) is 0. The van der Waals surface area contributed by atoms with Gasteiger partial charge in [0.1, 0.15) is 18.2 Å². The molecule has 0 aliphatic rings. The molecular weight excluding hydrogens is 330 g/mol. The highest BCUT2D eigenvalue weighted by Gasteiger charge is 2.15. The molecule has 0 radical (unpaired) electrons. The van der Waals surface area contributed by atoms with Crippen molar-refractivity contribution in [2.75, 3.05) is 11.9 Å². The van der Waals surface area contributed by atoms with Crippen LogP contribution in [0.2, 0.25) is 0 Å². The van der Waals surface area contributed by atoms with E-state index in [9.17, 15) is 22.0 Å². The van der Waals surface area contributed by atoms with Crippen molar-refractivity contribution in [3.63, 3.8) is 0 Å². The zero-order valence-corrected chi connectivity index (χ0v) is 12.4. The molecule has 2 N–H and O–H groups in total. The molecule has 0 atom stereocenters. The van der Waals surface area contributed by atoms with E-state index >= 15 is 0 Å². The second-order valence-corrected chi connectivity index (χ2v) is 6.00. The number of rotatable bonds is 6. The molecule has 23 heavy (non-hydrogen) atoms. The Morgan fingerprint density at radius 3 is 2.35 bits per heavy atom. The summed E-state index contributed by atoms with van der Waals surface area (Å²) in [6.45, 7) is -0.672. The molecule has 0 saturated carbocycles. The Morgan fingerprint density at radius 2 is 1.70 bits per heavy atom. The lowest BCUT2D eigenvalue weighted by atomic mass is 10.3. The number of carbonyl (C=O) groups is 1. The SMILES string of the molecule is O=C(CONS(=O)(=O)c1ccc(F)cc1)Nc1ccccc1F. The number of halogens is 2. The first-order valence-corrected chi connectivity index (χ1v) is 7.80. The van der Waals surface area contributed by atoms with Crippen LogP contribution in [-0.2, 0) is 19.7 Å². The fourth-order valence-electron chi connectivity index (χ4n) is 1.58. The molecule has 2 aromatic carbocycles. The van der Waals surface area contributed by atoms with Crippen LogP contribution in [0.1, 0.15) is 0 Å². The fourth-order valence-corrected chi connectivity index (χ4v) is 2.39. The molecule has 0 aromatic heterocycles. The lowest BCUT2D eigenvalue weighted by Gasteiger charge is -2.08. The van der Waals surface area contributed by atoms with Gasteiger partial charge in [-0.15, -0.1) is 0 Å². The van der Waals surface area contributed by atoms with Gasteiger partial charge >= 0.3 is 0 Å². The predicted octanol–water partition coefficient (Wildman–Crippen LogP) is 1.81. The minimum Gasteiger partial charge on any atom is -0.321 e. The maximum Gasteiger partial charge on any atom is 0.262 e. The molecule has 0 saturated heterocycles. The number of amides is 1. The topological polar surface area (TPSA) is 84.5 Å². The third-order valence-electron chi connectivity index (χ3n) is 2.64. The smallest absolute Gasteiger partial charge is 0.262 e. The number of para-hydroxylation sites is 1. The van der Waals surface area contributed by atoms with Crippen LogP contribution < -0.4 is 10.2 Å². The van der Waals surface area contributed by atoms with E-state index in [4.69, 9.17) is 0 Å². The van der Waals surface area contributed by atoms with Gasteiger partial charge in [-0.05, 0) is 36.4 Å². The predicted molar refractivity (Wildman–Crippen MR) is 77.7 cm³/mol. The van der Waals surface area contributed by atoms with Crippen LogP contribution in [-0.4, -0.2) is 20.9 Å². The van der Waals surface area contributed by atoms with Crippen molar-refractivity contribution in [2.24, 2.45) is 0 Å². The van der Waals surface area contributed by atoms with E-state index in [0.717, 1.165) is 30.3 Å². The number of carbonyl (C=O) groups excluding carboxylic acids is 1. The lowest BCUT2D eigenvalue weighted by molar-refractivity contribution is -0.121. The molecule has 0 spiro atoms. The zero-order chi connectivity index (χ0) is 16.9. The highest BCUT2D eigenvalue weighted by atomic mass is 32.2. The maximum absolute atomic E-state index is 13.3. The van der Waals surface area contributed by atoms with Crippen molar-refractivity contribution in [1.29, 1.82) is 0 Å². The first-order chi connectivity index (χ1) is 10.9. The van der Waals surface area contributed by atoms with E-state index in [1.165, 1.54) is 18.2 Å². The molecule has 0 heterocycles. The number of benzene rings is 2. The summed E-state index contributed by atoms with van der Waals surface area (Å²) in [5.74, 6) is -1.97. The Kier molecular flexibility index (Phi) is 5.37. The van der Waals surface area contributed by atoms with E-state index in [0.29, 0.717) is 0 Å².